The molecule has 1 aliphatic carbocycles. The van der Waals surface area contributed by atoms with E-state index in [4.69, 9.17) is 4.74 Å². The van der Waals surface area contributed by atoms with E-state index >= 15 is 0 Å². The summed E-state index contributed by atoms with van der Waals surface area (Å²) in [5.41, 5.74) is 0.761. The number of nitrogens with zero attached hydrogens (tertiary/aromatic N) is 1. The summed E-state index contributed by atoms with van der Waals surface area (Å²) in [5, 5.41) is 2.78. The van der Waals surface area contributed by atoms with Gasteiger partial charge in [-0.05, 0) is 25.0 Å². The third-order valence-corrected chi connectivity index (χ3v) is 2.97. The monoisotopic (exact) mass is 234 g/mol. The van der Waals surface area contributed by atoms with Crippen molar-refractivity contribution in [3.05, 3.63) is 24.5 Å². The first kappa shape index (κ1) is 12.0. The predicted molar refractivity (Wildman–Crippen MR) is 65.7 cm³/mol. The summed E-state index contributed by atoms with van der Waals surface area (Å²) in [6.07, 6.45) is 9.48. The lowest BCUT2D eigenvalue weighted by Gasteiger charge is -2.21. The van der Waals surface area contributed by atoms with Crippen molar-refractivity contribution in [1.29, 1.82) is 0 Å². The van der Waals surface area contributed by atoms with Crippen LogP contribution in [0.15, 0.2) is 24.5 Å². The maximum absolute atomic E-state index is 11.6. The number of pyridine rings is 1. The lowest BCUT2D eigenvalue weighted by molar-refractivity contribution is -0.123. The van der Waals surface area contributed by atoms with Crippen LogP contribution in [0, 0.1) is 0 Å². The van der Waals surface area contributed by atoms with Gasteiger partial charge in [-0.1, -0.05) is 19.3 Å². The van der Waals surface area contributed by atoms with Gasteiger partial charge in [0.1, 0.15) is 6.61 Å². The molecule has 0 aromatic carbocycles. The second kappa shape index (κ2) is 6.35. The zero-order valence-corrected chi connectivity index (χ0v) is 9.89. The van der Waals surface area contributed by atoms with Crippen LogP contribution in [0.25, 0.3) is 0 Å². The minimum absolute atomic E-state index is 0.0956. The highest BCUT2D eigenvalue weighted by Gasteiger charge is 2.15. The molecule has 0 spiro atoms. The largest absolute Gasteiger partial charge is 0.368 e. The van der Waals surface area contributed by atoms with E-state index in [1.54, 1.807) is 24.5 Å². The van der Waals surface area contributed by atoms with Gasteiger partial charge in [-0.2, -0.15) is 0 Å². The Morgan fingerprint density at radius 2 is 2.00 bits per heavy atom. The maximum Gasteiger partial charge on any atom is 0.250 e. The number of carbonyl (C=O) groups is 1. The Hall–Kier alpha value is -1.42. The van der Waals surface area contributed by atoms with Crippen LogP contribution in [0.2, 0.25) is 0 Å². The Labute approximate surface area is 101 Å². The van der Waals surface area contributed by atoms with Gasteiger partial charge in [0.05, 0.1) is 6.10 Å². The second-order valence-electron chi connectivity index (χ2n) is 4.36. The lowest BCUT2D eigenvalue weighted by atomic mass is 9.98. The van der Waals surface area contributed by atoms with Crippen LogP contribution in [0.3, 0.4) is 0 Å². The molecular weight excluding hydrogens is 216 g/mol. The third-order valence-electron chi connectivity index (χ3n) is 2.97. The van der Waals surface area contributed by atoms with Gasteiger partial charge < -0.3 is 10.1 Å². The van der Waals surface area contributed by atoms with Gasteiger partial charge >= 0.3 is 0 Å². The predicted octanol–water partition coefficient (Wildman–Crippen LogP) is 2.37. The van der Waals surface area contributed by atoms with Gasteiger partial charge in [0.25, 0.3) is 0 Å². The molecule has 0 radical (unpaired) electrons. The van der Waals surface area contributed by atoms with E-state index in [-0.39, 0.29) is 18.6 Å². The molecule has 1 aromatic heterocycles. The first-order chi connectivity index (χ1) is 8.34. The molecule has 4 heteroatoms. The zero-order valence-electron chi connectivity index (χ0n) is 9.89. The molecule has 1 aromatic rings. The van der Waals surface area contributed by atoms with Crippen LogP contribution < -0.4 is 5.32 Å². The van der Waals surface area contributed by atoms with Crippen molar-refractivity contribution in [2.24, 2.45) is 0 Å². The molecule has 1 saturated carbocycles. The summed E-state index contributed by atoms with van der Waals surface area (Å²) in [7, 11) is 0. The number of aromatic nitrogens is 1. The number of rotatable bonds is 4. The van der Waals surface area contributed by atoms with Gasteiger partial charge in [-0.3, -0.25) is 9.78 Å². The van der Waals surface area contributed by atoms with Crippen LogP contribution in [-0.2, 0) is 9.53 Å². The summed E-state index contributed by atoms with van der Waals surface area (Å²) in [6, 6.07) is 3.52. The lowest BCUT2D eigenvalue weighted by Crippen LogP contribution is -2.24. The SMILES string of the molecule is O=C(COC1CCCCC1)Nc1ccncc1. The minimum atomic E-state index is -0.0956. The Kier molecular flexibility index (Phi) is 4.50. The van der Waals surface area contributed by atoms with Crippen molar-refractivity contribution in [3.8, 4) is 0 Å². The molecule has 0 aliphatic heterocycles. The molecule has 17 heavy (non-hydrogen) atoms. The molecule has 0 bridgehead atoms. The molecule has 0 saturated heterocycles. The van der Waals surface area contributed by atoms with Crippen LogP contribution in [0.5, 0.6) is 0 Å². The molecule has 0 unspecified atom stereocenters. The zero-order chi connectivity index (χ0) is 11.9. The van der Waals surface area contributed by atoms with Crippen molar-refractivity contribution < 1.29 is 9.53 Å². The molecule has 1 fully saturated rings. The summed E-state index contributed by atoms with van der Waals surface area (Å²) in [5.74, 6) is -0.0956. The quantitative estimate of drug-likeness (QED) is 0.870. The second-order valence-corrected chi connectivity index (χ2v) is 4.36. The Morgan fingerprint density at radius 3 is 2.71 bits per heavy atom. The van der Waals surface area contributed by atoms with E-state index in [2.05, 4.69) is 10.3 Å². The van der Waals surface area contributed by atoms with Crippen molar-refractivity contribution >= 4 is 11.6 Å². The van der Waals surface area contributed by atoms with Crippen molar-refractivity contribution in [1.82, 2.24) is 4.98 Å². The Balaban J connectivity index is 1.70. The third kappa shape index (κ3) is 4.15. The van der Waals surface area contributed by atoms with E-state index in [0.29, 0.717) is 0 Å². The van der Waals surface area contributed by atoms with Crippen molar-refractivity contribution in [2.75, 3.05) is 11.9 Å². The van der Waals surface area contributed by atoms with Gasteiger partial charge in [0.2, 0.25) is 5.91 Å². The molecule has 1 heterocycles. The van der Waals surface area contributed by atoms with Gasteiger partial charge in [-0.25, -0.2) is 0 Å². The summed E-state index contributed by atoms with van der Waals surface area (Å²) in [4.78, 5) is 15.5. The molecule has 1 aliphatic rings. The van der Waals surface area contributed by atoms with Crippen molar-refractivity contribution in [3.63, 3.8) is 0 Å². The number of nitrogens with one attached hydrogen (secondary N) is 1. The topological polar surface area (TPSA) is 51.2 Å². The highest BCUT2D eigenvalue weighted by atomic mass is 16.5. The number of hydrogen-bond acceptors (Lipinski definition) is 3. The average Bonchev–Trinajstić information content (AvgIpc) is 2.39. The van der Waals surface area contributed by atoms with Gasteiger partial charge in [0.15, 0.2) is 0 Å². The van der Waals surface area contributed by atoms with Gasteiger partial charge in [-0.15, -0.1) is 0 Å². The molecule has 1 amide bonds. The van der Waals surface area contributed by atoms with E-state index < -0.39 is 0 Å². The highest BCUT2D eigenvalue weighted by Crippen LogP contribution is 2.20. The number of carbonyl (C=O) groups excluding carboxylic acids is 1. The van der Waals surface area contributed by atoms with Crippen LogP contribution in [-0.4, -0.2) is 23.6 Å². The molecule has 0 atom stereocenters. The molecule has 2 rings (SSSR count). The van der Waals surface area contributed by atoms with E-state index in [1.165, 1.54) is 19.3 Å². The van der Waals surface area contributed by atoms with Crippen molar-refractivity contribution in [2.45, 2.75) is 38.2 Å². The first-order valence-electron chi connectivity index (χ1n) is 6.16. The van der Waals surface area contributed by atoms with E-state index in [1.807, 2.05) is 0 Å². The Morgan fingerprint density at radius 1 is 1.29 bits per heavy atom. The fourth-order valence-corrected chi connectivity index (χ4v) is 2.06. The maximum atomic E-state index is 11.6. The van der Waals surface area contributed by atoms with Crippen LogP contribution in [0.4, 0.5) is 5.69 Å². The number of anilines is 1. The average molecular weight is 234 g/mol. The minimum Gasteiger partial charge on any atom is -0.368 e. The molecule has 4 nitrogen and oxygen atoms in total. The summed E-state index contributed by atoms with van der Waals surface area (Å²) < 4.78 is 5.59. The standard InChI is InChI=1S/C13H18N2O2/c16-13(15-11-6-8-14-9-7-11)10-17-12-4-2-1-3-5-12/h6-9,12H,1-5,10H2,(H,14,15,16). The number of ether oxygens (including phenoxy) is 1. The summed E-state index contributed by atoms with van der Waals surface area (Å²) >= 11 is 0. The Bertz CT molecular complexity index is 348. The highest BCUT2D eigenvalue weighted by molar-refractivity contribution is 5.91. The van der Waals surface area contributed by atoms with E-state index in [0.717, 1.165) is 18.5 Å². The molecular formula is C13H18N2O2. The van der Waals surface area contributed by atoms with Crippen LogP contribution in [0.1, 0.15) is 32.1 Å². The fourth-order valence-electron chi connectivity index (χ4n) is 2.06. The number of amides is 1. The van der Waals surface area contributed by atoms with Gasteiger partial charge in [0, 0.05) is 18.1 Å². The normalized spacial score (nSPS) is 16.7. The van der Waals surface area contributed by atoms with E-state index in [9.17, 15) is 4.79 Å². The fraction of sp³-hybridized carbons (Fsp3) is 0.538. The molecule has 92 valence electrons. The smallest absolute Gasteiger partial charge is 0.250 e. The number of hydrogen-bond donors (Lipinski definition) is 1. The molecule has 1 N–H and O–H groups in total. The van der Waals surface area contributed by atoms with Crippen LogP contribution >= 0.6 is 0 Å². The summed E-state index contributed by atoms with van der Waals surface area (Å²) in [6.45, 7) is 0.146. The first-order valence-corrected chi connectivity index (χ1v) is 6.16.